The van der Waals surface area contributed by atoms with Crippen molar-refractivity contribution >= 4 is 57.6 Å². The number of fused-ring (bicyclic) bond motifs is 1. The molecule has 0 saturated heterocycles. The van der Waals surface area contributed by atoms with Crippen LogP contribution < -0.4 is 15.3 Å². The van der Waals surface area contributed by atoms with E-state index >= 15 is 0 Å². The normalized spacial score (nSPS) is 10.9. The van der Waals surface area contributed by atoms with Crippen LogP contribution in [-0.2, 0) is 6.42 Å². The molecular weight excluding hydrogens is 485 g/mol. The van der Waals surface area contributed by atoms with Gasteiger partial charge in [-0.2, -0.15) is 0 Å². The molecule has 4 aromatic rings. The van der Waals surface area contributed by atoms with Crippen molar-refractivity contribution in [3.05, 3.63) is 103 Å². The largest absolute Gasteiger partial charge is 0.422 e. The first-order valence-corrected chi connectivity index (χ1v) is 11.1. The zero-order valence-corrected chi connectivity index (χ0v) is 20.0. The average molecular weight is 503 g/mol. The summed E-state index contributed by atoms with van der Waals surface area (Å²) < 4.78 is 11.0. The van der Waals surface area contributed by atoms with Gasteiger partial charge in [0.2, 0.25) is 0 Å². The molecule has 168 valence electrons. The zero-order valence-electron chi connectivity index (χ0n) is 17.7. The predicted octanol–water partition coefficient (Wildman–Crippen LogP) is 7.29. The van der Waals surface area contributed by atoms with Gasteiger partial charge in [0.25, 0.3) is 0 Å². The van der Waals surface area contributed by atoms with E-state index in [4.69, 9.17) is 44.0 Å². The maximum atomic E-state index is 12.8. The molecule has 0 fully saturated rings. The average Bonchev–Trinajstić information content (AvgIpc) is 2.79. The van der Waals surface area contributed by atoms with E-state index in [9.17, 15) is 9.59 Å². The van der Waals surface area contributed by atoms with Gasteiger partial charge in [0.15, 0.2) is 5.75 Å². The van der Waals surface area contributed by atoms with E-state index in [1.54, 1.807) is 50.4 Å². The van der Waals surface area contributed by atoms with Gasteiger partial charge >= 0.3 is 11.7 Å². The summed E-state index contributed by atoms with van der Waals surface area (Å²) in [5.41, 5.74) is 2.11. The molecule has 1 amide bonds. The first-order chi connectivity index (χ1) is 15.8. The van der Waals surface area contributed by atoms with Crippen molar-refractivity contribution in [2.24, 2.45) is 0 Å². The standard InChI is InChI=1S/C25H18Cl3NO4/c1-14-16-12-21(28)23(33-25(31)29(2)15-7-4-3-5-8-15)13-22(16)32-24(30)17(14)11-18-19(26)9-6-10-20(18)27/h3-10,12-13H,11H2,1-2H3. The molecule has 0 N–H and O–H groups in total. The second-order valence-electron chi connectivity index (χ2n) is 7.41. The Morgan fingerprint density at radius 2 is 1.61 bits per heavy atom. The minimum Gasteiger partial charge on any atom is -0.422 e. The molecule has 8 heteroatoms. The summed E-state index contributed by atoms with van der Waals surface area (Å²) in [5.74, 6) is 0.0846. The number of rotatable bonds is 4. The Morgan fingerprint density at radius 1 is 0.939 bits per heavy atom. The van der Waals surface area contributed by atoms with Gasteiger partial charge in [0.05, 0.1) is 5.02 Å². The number of halogens is 3. The minimum absolute atomic E-state index is 0.0846. The third-order valence-electron chi connectivity index (χ3n) is 5.37. The van der Waals surface area contributed by atoms with Crippen LogP contribution in [0.1, 0.15) is 16.7 Å². The van der Waals surface area contributed by atoms with Crippen LogP contribution in [0.15, 0.2) is 69.9 Å². The van der Waals surface area contributed by atoms with Gasteiger partial charge in [0.1, 0.15) is 5.58 Å². The number of amides is 1. The lowest BCUT2D eigenvalue weighted by molar-refractivity contribution is 0.209. The first kappa shape index (κ1) is 23.2. The van der Waals surface area contributed by atoms with Crippen molar-refractivity contribution in [1.82, 2.24) is 0 Å². The lowest BCUT2D eigenvalue weighted by Gasteiger charge is -2.17. The van der Waals surface area contributed by atoms with Crippen molar-refractivity contribution in [3.63, 3.8) is 0 Å². The van der Waals surface area contributed by atoms with Crippen molar-refractivity contribution in [3.8, 4) is 5.75 Å². The lowest BCUT2D eigenvalue weighted by atomic mass is 9.99. The van der Waals surface area contributed by atoms with Crippen LogP contribution >= 0.6 is 34.8 Å². The van der Waals surface area contributed by atoms with Crippen LogP contribution in [0.4, 0.5) is 10.5 Å². The molecule has 4 rings (SSSR count). The fraction of sp³-hybridized carbons (Fsp3) is 0.120. The number of anilines is 1. The number of ether oxygens (including phenoxy) is 1. The number of carbonyl (C=O) groups is 1. The Hall–Kier alpha value is -2.99. The summed E-state index contributed by atoms with van der Waals surface area (Å²) in [4.78, 5) is 26.7. The molecule has 1 heterocycles. The molecule has 3 aromatic carbocycles. The predicted molar refractivity (Wildman–Crippen MR) is 132 cm³/mol. The van der Waals surface area contributed by atoms with E-state index in [0.717, 1.165) is 0 Å². The number of nitrogens with zero attached hydrogens (tertiary/aromatic N) is 1. The smallest absolute Gasteiger partial charge is 0.419 e. The maximum absolute atomic E-state index is 12.8. The fourth-order valence-corrected chi connectivity index (χ4v) is 4.20. The summed E-state index contributed by atoms with van der Waals surface area (Å²) in [6.07, 6.45) is -0.426. The Balaban J connectivity index is 1.69. The van der Waals surface area contributed by atoms with E-state index in [1.165, 1.54) is 11.0 Å². The molecule has 0 bridgehead atoms. The van der Waals surface area contributed by atoms with Gasteiger partial charge in [-0.05, 0) is 48.4 Å². The number of para-hydroxylation sites is 1. The molecule has 0 spiro atoms. The van der Waals surface area contributed by atoms with Gasteiger partial charge in [-0.15, -0.1) is 0 Å². The second kappa shape index (κ2) is 9.48. The number of benzene rings is 3. The van der Waals surface area contributed by atoms with Gasteiger partial charge < -0.3 is 9.15 Å². The van der Waals surface area contributed by atoms with Crippen LogP contribution in [0, 0.1) is 6.92 Å². The van der Waals surface area contributed by atoms with E-state index in [0.29, 0.717) is 37.8 Å². The Bertz CT molecular complexity index is 1400. The third kappa shape index (κ3) is 4.71. The molecule has 33 heavy (non-hydrogen) atoms. The third-order valence-corrected chi connectivity index (χ3v) is 6.37. The van der Waals surface area contributed by atoms with Crippen LogP contribution in [0.25, 0.3) is 11.0 Å². The molecule has 0 aliphatic carbocycles. The van der Waals surface area contributed by atoms with E-state index in [1.807, 2.05) is 18.2 Å². The highest BCUT2D eigenvalue weighted by molar-refractivity contribution is 6.36. The fourth-order valence-electron chi connectivity index (χ4n) is 3.47. The SMILES string of the molecule is Cc1c(Cc2c(Cl)cccc2Cl)c(=O)oc2cc(OC(=O)N(C)c3ccccc3)c(Cl)cc12. The molecular formula is C25H18Cl3NO4. The Kier molecular flexibility index (Phi) is 6.66. The van der Waals surface area contributed by atoms with E-state index < -0.39 is 11.7 Å². The topological polar surface area (TPSA) is 59.8 Å². The molecule has 0 aliphatic heterocycles. The summed E-state index contributed by atoms with van der Waals surface area (Å²) in [5, 5.41) is 1.75. The second-order valence-corrected chi connectivity index (χ2v) is 8.63. The van der Waals surface area contributed by atoms with Gasteiger partial charge in [-0.3, -0.25) is 4.90 Å². The van der Waals surface area contributed by atoms with Crippen molar-refractivity contribution in [2.75, 3.05) is 11.9 Å². The van der Waals surface area contributed by atoms with Crippen molar-refractivity contribution in [2.45, 2.75) is 13.3 Å². The van der Waals surface area contributed by atoms with Gasteiger partial charge in [0, 0.05) is 46.2 Å². The highest BCUT2D eigenvalue weighted by Gasteiger charge is 2.20. The van der Waals surface area contributed by atoms with Gasteiger partial charge in [-0.1, -0.05) is 59.1 Å². The summed E-state index contributed by atoms with van der Waals surface area (Å²) in [6, 6.07) is 17.2. The van der Waals surface area contributed by atoms with Crippen molar-refractivity contribution in [1.29, 1.82) is 0 Å². The van der Waals surface area contributed by atoms with E-state index in [-0.39, 0.29) is 22.8 Å². The molecule has 0 unspecified atom stereocenters. The number of aryl methyl sites for hydroxylation is 1. The number of carbonyl (C=O) groups excluding carboxylic acids is 1. The quantitative estimate of drug-likeness (QED) is 0.275. The summed E-state index contributed by atoms with van der Waals surface area (Å²) in [7, 11) is 1.59. The highest BCUT2D eigenvalue weighted by Crippen LogP contribution is 2.34. The molecule has 1 aromatic heterocycles. The molecule has 5 nitrogen and oxygen atoms in total. The Morgan fingerprint density at radius 3 is 2.27 bits per heavy atom. The zero-order chi connectivity index (χ0) is 23.7. The number of hydrogen-bond donors (Lipinski definition) is 0. The molecule has 0 saturated carbocycles. The van der Waals surface area contributed by atoms with Gasteiger partial charge in [-0.25, -0.2) is 9.59 Å². The molecule has 0 atom stereocenters. The van der Waals surface area contributed by atoms with E-state index in [2.05, 4.69) is 0 Å². The maximum Gasteiger partial charge on any atom is 0.419 e. The number of hydrogen-bond acceptors (Lipinski definition) is 4. The summed E-state index contributed by atoms with van der Waals surface area (Å²) >= 11 is 19.0. The first-order valence-electron chi connectivity index (χ1n) is 9.95. The van der Waals surface area contributed by atoms with Crippen molar-refractivity contribution < 1.29 is 13.9 Å². The monoisotopic (exact) mass is 501 g/mol. The molecule has 0 aliphatic rings. The lowest BCUT2D eigenvalue weighted by Crippen LogP contribution is -2.29. The Labute approximate surface area is 205 Å². The highest BCUT2D eigenvalue weighted by atomic mass is 35.5. The minimum atomic E-state index is -0.633. The van der Waals surface area contributed by atoms with Crippen LogP contribution in [0.2, 0.25) is 15.1 Å². The van der Waals surface area contributed by atoms with Crippen LogP contribution in [0.5, 0.6) is 5.75 Å². The molecule has 0 radical (unpaired) electrons. The van der Waals surface area contributed by atoms with Crippen LogP contribution in [0.3, 0.4) is 0 Å². The summed E-state index contributed by atoms with van der Waals surface area (Å²) in [6.45, 7) is 1.80. The van der Waals surface area contributed by atoms with Crippen LogP contribution in [-0.4, -0.2) is 13.1 Å².